The van der Waals surface area contributed by atoms with Crippen molar-refractivity contribution in [2.24, 2.45) is 0 Å². The summed E-state index contributed by atoms with van der Waals surface area (Å²) < 4.78 is 19.0. The molecule has 2 N–H and O–H groups in total. The number of benzene rings is 1. The SMILES string of the molecule is Cc1cc2c(CCC(C(O)c3ccc(F)cc3)N3CCNCC3)nccc2o1. The van der Waals surface area contributed by atoms with Gasteiger partial charge in [0.05, 0.1) is 11.8 Å². The lowest BCUT2D eigenvalue weighted by Crippen LogP contribution is -2.50. The second-order valence-corrected chi connectivity index (χ2v) is 7.41. The lowest BCUT2D eigenvalue weighted by atomic mass is 9.95. The highest BCUT2D eigenvalue weighted by Crippen LogP contribution is 2.28. The molecule has 6 heteroatoms. The van der Waals surface area contributed by atoms with Gasteiger partial charge in [-0.05, 0) is 49.6 Å². The quantitative estimate of drug-likeness (QED) is 0.684. The van der Waals surface area contributed by atoms with E-state index >= 15 is 0 Å². The molecule has 28 heavy (non-hydrogen) atoms. The number of pyridine rings is 1. The van der Waals surface area contributed by atoms with Gasteiger partial charge in [-0.2, -0.15) is 0 Å². The predicted molar refractivity (Wildman–Crippen MR) is 107 cm³/mol. The Morgan fingerprint density at radius 2 is 1.96 bits per heavy atom. The number of aromatic nitrogens is 1. The summed E-state index contributed by atoms with van der Waals surface area (Å²) >= 11 is 0. The van der Waals surface area contributed by atoms with E-state index < -0.39 is 6.10 Å². The predicted octanol–water partition coefficient (Wildman–Crippen LogP) is 3.22. The second-order valence-electron chi connectivity index (χ2n) is 7.41. The van der Waals surface area contributed by atoms with Crippen molar-refractivity contribution in [1.82, 2.24) is 15.2 Å². The fraction of sp³-hybridized carbons (Fsp3) is 0.409. The molecule has 0 aliphatic carbocycles. The highest BCUT2D eigenvalue weighted by molar-refractivity contribution is 5.80. The number of aliphatic hydroxyl groups excluding tert-OH is 1. The summed E-state index contributed by atoms with van der Waals surface area (Å²) in [5.74, 6) is 0.579. The summed E-state index contributed by atoms with van der Waals surface area (Å²) in [4.78, 5) is 6.88. The number of rotatable bonds is 6. The number of piperazine rings is 1. The molecule has 0 saturated carbocycles. The molecule has 2 aromatic heterocycles. The summed E-state index contributed by atoms with van der Waals surface area (Å²) in [6.07, 6.45) is 2.60. The van der Waals surface area contributed by atoms with E-state index in [0.29, 0.717) is 0 Å². The molecule has 4 rings (SSSR count). The largest absolute Gasteiger partial charge is 0.461 e. The highest BCUT2D eigenvalue weighted by Gasteiger charge is 2.28. The van der Waals surface area contributed by atoms with E-state index in [0.717, 1.165) is 67.0 Å². The fourth-order valence-electron chi connectivity index (χ4n) is 4.07. The fourth-order valence-corrected chi connectivity index (χ4v) is 4.07. The Kier molecular flexibility index (Phi) is 5.71. The number of furan rings is 1. The normalized spacial score (nSPS) is 17.7. The van der Waals surface area contributed by atoms with Crippen molar-refractivity contribution in [3.05, 3.63) is 65.4 Å². The number of hydrogen-bond acceptors (Lipinski definition) is 5. The van der Waals surface area contributed by atoms with Crippen molar-refractivity contribution in [3.63, 3.8) is 0 Å². The molecule has 1 fully saturated rings. The Morgan fingerprint density at radius 1 is 1.21 bits per heavy atom. The van der Waals surface area contributed by atoms with Crippen LogP contribution in [0.2, 0.25) is 0 Å². The van der Waals surface area contributed by atoms with E-state index in [1.165, 1.54) is 12.1 Å². The molecule has 0 spiro atoms. The van der Waals surface area contributed by atoms with Crippen LogP contribution in [0, 0.1) is 12.7 Å². The first-order valence-electron chi connectivity index (χ1n) is 9.84. The van der Waals surface area contributed by atoms with Crippen LogP contribution < -0.4 is 5.32 Å². The molecule has 1 aliphatic rings. The Hall–Kier alpha value is -2.28. The Balaban J connectivity index is 1.57. The first-order chi connectivity index (χ1) is 13.6. The second kappa shape index (κ2) is 8.39. The molecule has 2 atom stereocenters. The molecule has 3 aromatic rings. The third-order valence-electron chi connectivity index (χ3n) is 5.52. The minimum absolute atomic E-state index is 0.0578. The van der Waals surface area contributed by atoms with E-state index in [2.05, 4.69) is 15.2 Å². The lowest BCUT2D eigenvalue weighted by Gasteiger charge is -2.37. The number of aryl methyl sites for hydroxylation is 2. The number of halogens is 1. The van der Waals surface area contributed by atoms with Crippen LogP contribution in [0.4, 0.5) is 4.39 Å². The topological polar surface area (TPSA) is 61.5 Å². The maximum atomic E-state index is 13.3. The average molecular weight is 383 g/mol. The smallest absolute Gasteiger partial charge is 0.137 e. The van der Waals surface area contributed by atoms with Gasteiger partial charge < -0.3 is 14.8 Å². The molecule has 0 bridgehead atoms. The molecule has 148 valence electrons. The van der Waals surface area contributed by atoms with Gasteiger partial charge in [-0.3, -0.25) is 9.88 Å². The minimum Gasteiger partial charge on any atom is -0.461 e. The minimum atomic E-state index is -0.677. The van der Waals surface area contributed by atoms with Gasteiger partial charge in [0.2, 0.25) is 0 Å². The summed E-state index contributed by atoms with van der Waals surface area (Å²) in [6, 6.07) is 10.0. The van der Waals surface area contributed by atoms with Crippen LogP contribution in [0.1, 0.15) is 29.5 Å². The molecular weight excluding hydrogens is 357 g/mol. The summed E-state index contributed by atoms with van der Waals surface area (Å²) in [5, 5.41) is 15.5. The zero-order chi connectivity index (χ0) is 19.5. The molecule has 1 aromatic carbocycles. The molecule has 0 amide bonds. The third kappa shape index (κ3) is 4.09. The van der Waals surface area contributed by atoms with Gasteiger partial charge in [-0.15, -0.1) is 0 Å². The van der Waals surface area contributed by atoms with E-state index in [1.54, 1.807) is 18.3 Å². The van der Waals surface area contributed by atoms with Crippen LogP contribution in [-0.2, 0) is 6.42 Å². The number of nitrogens with one attached hydrogen (secondary N) is 1. The molecule has 0 radical (unpaired) electrons. The van der Waals surface area contributed by atoms with Crippen LogP contribution in [-0.4, -0.2) is 47.2 Å². The highest BCUT2D eigenvalue weighted by atomic mass is 19.1. The van der Waals surface area contributed by atoms with Crippen molar-refractivity contribution in [3.8, 4) is 0 Å². The summed E-state index contributed by atoms with van der Waals surface area (Å²) in [6.45, 7) is 5.51. The van der Waals surface area contributed by atoms with Gasteiger partial charge in [-0.1, -0.05) is 12.1 Å². The van der Waals surface area contributed by atoms with Crippen molar-refractivity contribution in [2.45, 2.75) is 31.9 Å². The number of fused-ring (bicyclic) bond motifs is 1. The van der Waals surface area contributed by atoms with Crippen molar-refractivity contribution in [1.29, 1.82) is 0 Å². The van der Waals surface area contributed by atoms with Crippen LogP contribution in [0.5, 0.6) is 0 Å². The molecular formula is C22H26FN3O2. The summed E-state index contributed by atoms with van der Waals surface area (Å²) in [5.41, 5.74) is 2.58. The van der Waals surface area contributed by atoms with Crippen LogP contribution in [0.25, 0.3) is 11.0 Å². The summed E-state index contributed by atoms with van der Waals surface area (Å²) in [7, 11) is 0. The molecule has 1 saturated heterocycles. The van der Waals surface area contributed by atoms with Crippen LogP contribution in [0.3, 0.4) is 0 Å². The zero-order valence-corrected chi connectivity index (χ0v) is 16.1. The number of hydrogen-bond donors (Lipinski definition) is 2. The van der Waals surface area contributed by atoms with Crippen LogP contribution in [0.15, 0.2) is 47.0 Å². The van der Waals surface area contributed by atoms with E-state index in [1.807, 2.05) is 19.1 Å². The first-order valence-corrected chi connectivity index (χ1v) is 9.84. The van der Waals surface area contributed by atoms with E-state index in [-0.39, 0.29) is 11.9 Å². The van der Waals surface area contributed by atoms with Gasteiger partial charge in [0.1, 0.15) is 17.2 Å². The molecule has 5 nitrogen and oxygen atoms in total. The molecule has 1 aliphatic heterocycles. The van der Waals surface area contributed by atoms with Crippen molar-refractivity contribution < 1.29 is 13.9 Å². The number of aliphatic hydroxyl groups is 1. The van der Waals surface area contributed by atoms with Crippen molar-refractivity contribution >= 4 is 11.0 Å². The molecule has 2 unspecified atom stereocenters. The van der Waals surface area contributed by atoms with Gasteiger partial charge in [-0.25, -0.2) is 4.39 Å². The zero-order valence-electron chi connectivity index (χ0n) is 16.1. The van der Waals surface area contributed by atoms with Gasteiger partial charge in [0, 0.05) is 43.8 Å². The monoisotopic (exact) mass is 383 g/mol. The standard InChI is InChI=1S/C22H26FN3O2/c1-15-14-18-19(25-9-8-21(18)28-15)6-7-20(26-12-10-24-11-13-26)22(27)16-2-4-17(23)5-3-16/h2-5,8-9,14,20,22,24,27H,6-7,10-13H2,1H3. The third-order valence-corrected chi connectivity index (χ3v) is 5.52. The van der Waals surface area contributed by atoms with Gasteiger partial charge >= 0.3 is 0 Å². The van der Waals surface area contributed by atoms with Gasteiger partial charge in [0.15, 0.2) is 0 Å². The van der Waals surface area contributed by atoms with E-state index in [9.17, 15) is 9.50 Å². The van der Waals surface area contributed by atoms with Gasteiger partial charge in [0.25, 0.3) is 0 Å². The van der Waals surface area contributed by atoms with Crippen molar-refractivity contribution in [2.75, 3.05) is 26.2 Å². The Labute approximate surface area is 164 Å². The lowest BCUT2D eigenvalue weighted by molar-refractivity contribution is 0.0364. The number of nitrogens with zero attached hydrogens (tertiary/aromatic N) is 2. The maximum absolute atomic E-state index is 13.3. The maximum Gasteiger partial charge on any atom is 0.137 e. The Bertz CT molecular complexity index is 919. The van der Waals surface area contributed by atoms with Crippen LogP contribution >= 0.6 is 0 Å². The Morgan fingerprint density at radius 3 is 2.71 bits per heavy atom. The van der Waals surface area contributed by atoms with E-state index in [4.69, 9.17) is 4.42 Å². The molecule has 3 heterocycles. The first kappa shape index (κ1) is 19.1. The average Bonchev–Trinajstić information content (AvgIpc) is 3.10.